The van der Waals surface area contributed by atoms with Crippen LogP contribution in [0, 0.1) is 4.06 Å². The van der Waals surface area contributed by atoms with Crippen molar-refractivity contribution in [2.45, 2.75) is 6.54 Å². The Hall–Kier alpha value is -1.96. The van der Waals surface area contributed by atoms with Gasteiger partial charge in [-0.15, -0.1) is 0 Å². The summed E-state index contributed by atoms with van der Waals surface area (Å²) in [5.41, 5.74) is 1.81. The number of rotatable bonds is 3. The zero-order valence-electron chi connectivity index (χ0n) is 10.8. The normalized spacial score (nSPS) is 10.6. The second-order valence-electron chi connectivity index (χ2n) is 4.61. The first kappa shape index (κ1) is 13.0. The fourth-order valence-electron chi connectivity index (χ4n) is 2.27. The number of hydrogen-bond acceptors (Lipinski definition) is 1. The van der Waals surface area contributed by atoms with Gasteiger partial charge in [0.25, 0.3) is 0 Å². The Morgan fingerprint density at radius 2 is 1.65 bits per heavy atom. The van der Waals surface area contributed by atoms with Crippen molar-refractivity contribution in [2.75, 3.05) is 0 Å². The second-order valence-corrected chi connectivity index (χ2v) is 5.54. The molecule has 1 aromatic heterocycles. The third-order valence-electron chi connectivity index (χ3n) is 3.29. The van der Waals surface area contributed by atoms with Crippen LogP contribution in [0.25, 0.3) is 10.9 Å². The van der Waals surface area contributed by atoms with E-state index < -0.39 is 0 Å². The summed E-state index contributed by atoms with van der Waals surface area (Å²) in [7, 11) is 0. The van der Waals surface area contributed by atoms with Gasteiger partial charge < -0.3 is 0 Å². The number of ketones is 1. The molecular weight excluding hydrogens is 313 g/mol. The van der Waals surface area contributed by atoms with Crippen LogP contribution in [0.15, 0.2) is 66.9 Å². The molecule has 0 atom stereocenters. The van der Waals surface area contributed by atoms with Crippen LogP contribution in [0.4, 0.5) is 0 Å². The van der Waals surface area contributed by atoms with Gasteiger partial charge in [0, 0.05) is 0 Å². The summed E-state index contributed by atoms with van der Waals surface area (Å²) in [6.45, 7) is 0.352. The molecule has 1 heterocycles. The summed E-state index contributed by atoms with van der Waals surface area (Å²) >= 11 is 3.06. The predicted molar refractivity (Wildman–Crippen MR) is 81.7 cm³/mol. The Kier molecular flexibility index (Phi) is 3.64. The van der Waals surface area contributed by atoms with Gasteiger partial charge in [-0.1, -0.05) is 0 Å². The van der Waals surface area contributed by atoms with Gasteiger partial charge in [0.2, 0.25) is 0 Å². The molecule has 0 aliphatic rings. The minimum absolute atomic E-state index is 0.119. The number of Topliss-reactive ketones (excluding diaryl/α,β-unsaturated/α-hetero) is 1. The summed E-state index contributed by atoms with van der Waals surface area (Å²) in [6.07, 6.45) is 1.95. The van der Waals surface area contributed by atoms with Crippen LogP contribution in [0.5, 0.6) is 0 Å². The van der Waals surface area contributed by atoms with Gasteiger partial charge in [0.15, 0.2) is 0 Å². The average Bonchev–Trinajstić information content (AvgIpc) is 2.51. The average molecular weight is 326 g/mol. The van der Waals surface area contributed by atoms with E-state index in [0.29, 0.717) is 6.54 Å². The molecule has 0 aliphatic heterocycles. The monoisotopic (exact) mass is 327 g/mol. The number of aromatic nitrogens is 1. The third kappa shape index (κ3) is 2.51. The number of benzene rings is 2. The molecule has 3 rings (SSSR count). The molecule has 98 valence electrons. The molecule has 0 fully saturated rings. The van der Waals surface area contributed by atoms with E-state index in [-0.39, 0.29) is 5.78 Å². The van der Waals surface area contributed by atoms with Crippen LogP contribution in [0.1, 0.15) is 10.4 Å². The van der Waals surface area contributed by atoms with Crippen LogP contribution in [-0.4, -0.2) is 25.9 Å². The van der Waals surface area contributed by atoms with Gasteiger partial charge in [-0.3, -0.25) is 0 Å². The Labute approximate surface area is 125 Å². The molecule has 0 bridgehead atoms. The maximum atomic E-state index is 12.3. The van der Waals surface area contributed by atoms with Crippen LogP contribution >= 0.6 is 0 Å². The number of carbonyl (C=O) groups excluding carboxylic acids is 1. The van der Waals surface area contributed by atoms with E-state index in [1.54, 1.807) is 0 Å². The maximum absolute atomic E-state index is 12.3. The molecule has 0 N–H and O–H groups in total. The van der Waals surface area contributed by atoms with Crippen molar-refractivity contribution in [3.05, 3.63) is 76.5 Å². The van der Waals surface area contributed by atoms with E-state index in [1.807, 2.05) is 65.4 Å². The topological polar surface area (TPSA) is 22.0 Å². The molecule has 2 aromatic carbocycles. The van der Waals surface area contributed by atoms with Crippen LogP contribution < -0.4 is 0 Å². The molecular formula is C17H13NOSe. The minimum atomic E-state index is 0.119. The molecule has 0 radical (unpaired) electrons. The molecule has 0 amide bonds. The van der Waals surface area contributed by atoms with Gasteiger partial charge in [-0.25, -0.2) is 0 Å². The SMILES string of the molecule is O=C(Cn1ccc(=[Se])c2ccccc21)c1ccccc1. The summed E-state index contributed by atoms with van der Waals surface area (Å²) in [4.78, 5) is 12.3. The molecule has 0 saturated carbocycles. The standard InChI is InChI=1S/C17H13NOSe/c19-16(13-6-2-1-3-7-13)12-18-11-10-17(20)14-8-4-5-9-15(14)18/h1-11H,12H2. The quantitative estimate of drug-likeness (QED) is 0.535. The summed E-state index contributed by atoms with van der Waals surface area (Å²) in [6, 6.07) is 19.5. The molecule has 20 heavy (non-hydrogen) atoms. The van der Waals surface area contributed by atoms with Gasteiger partial charge in [-0.05, 0) is 0 Å². The number of para-hydroxylation sites is 1. The molecule has 0 spiro atoms. The van der Waals surface area contributed by atoms with Gasteiger partial charge >= 0.3 is 125 Å². The predicted octanol–water partition coefficient (Wildman–Crippen LogP) is 3.22. The van der Waals surface area contributed by atoms with E-state index in [4.69, 9.17) is 0 Å². The first-order chi connectivity index (χ1) is 9.75. The van der Waals surface area contributed by atoms with Crippen LogP contribution in [0.2, 0.25) is 0 Å². The van der Waals surface area contributed by atoms with Crippen molar-refractivity contribution in [1.29, 1.82) is 0 Å². The number of pyridine rings is 1. The number of carbonyl (C=O) groups is 1. The molecule has 3 heteroatoms. The van der Waals surface area contributed by atoms with Crippen molar-refractivity contribution in [1.82, 2.24) is 4.57 Å². The summed E-state index contributed by atoms with van der Waals surface area (Å²) < 4.78 is 3.09. The van der Waals surface area contributed by atoms with Crippen LogP contribution in [0.3, 0.4) is 0 Å². The molecule has 2 nitrogen and oxygen atoms in total. The summed E-state index contributed by atoms with van der Waals surface area (Å²) in [5, 5.41) is 1.14. The van der Waals surface area contributed by atoms with Gasteiger partial charge in [0.1, 0.15) is 0 Å². The fraction of sp³-hybridized carbons (Fsp3) is 0.0588. The first-order valence-electron chi connectivity index (χ1n) is 6.42. The Balaban J connectivity index is 2.02. The van der Waals surface area contributed by atoms with E-state index in [9.17, 15) is 4.79 Å². The Morgan fingerprint density at radius 1 is 0.950 bits per heavy atom. The van der Waals surface area contributed by atoms with E-state index >= 15 is 0 Å². The Morgan fingerprint density at radius 3 is 2.45 bits per heavy atom. The zero-order chi connectivity index (χ0) is 13.9. The number of nitrogens with zero attached hydrogens (tertiary/aromatic N) is 1. The zero-order valence-corrected chi connectivity index (χ0v) is 12.5. The van der Waals surface area contributed by atoms with Crippen molar-refractivity contribution in [3.8, 4) is 0 Å². The van der Waals surface area contributed by atoms with Crippen molar-refractivity contribution in [2.24, 2.45) is 0 Å². The summed E-state index contributed by atoms with van der Waals surface area (Å²) in [5.74, 6) is 0.119. The van der Waals surface area contributed by atoms with Gasteiger partial charge in [-0.2, -0.15) is 0 Å². The van der Waals surface area contributed by atoms with E-state index in [0.717, 1.165) is 20.5 Å². The molecule has 3 aromatic rings. The number of fused-ring (bicyclic) bond motifs is 1. The van der Waals surface area contributed by atoms with Crippen molar-refractivity contribution >= 4 is 32.3 Å². The van der Waals surface area contributed by atoms with Crippen LogP contribution in [-0.2, 0) is 6.54 Å². The molecule has 0 aliphatic carbocycles. The van der Waals surface area contributed by atoms with Gasteiger partial charge in [0.05, 0.1) is 0 Å². The van der Waals surface area contributed by atoms with E-state index in [2.05, 4.69) is 21.6 Å². The molecule has 0 saturated heterocycles. The first-order valence-corrected chi connectivity index (χ1v) is 7.28. The van der Waals surface area contributed by atoms with Crippen molar-refractivity contribution < 1.29 is 4.79 Å². The number of hydrogen-bond donors (Lipinski definition) is 0. The molecule has 0 unspecified atom stereocenters. The van der Waals surface area contributed by atoms with Crippen molar-refractivity contribution in [3.63, 3.8) is 0 Å². The second kappa shape index (κ2) is 5.58. The third-order valence-corrected chi connectivity index (χ3v) is 4.04. The Bertz CT molecular complexity index is 821. The van der Waals surface area contributed by atoms with E-state index in [1.165, 1.54) is 0 Å². The fourth-order valence-corrected chi connectivity index (χ4v) is 2.76.